The summed E-state index contributed by atoms with van der Waals surface area (Å²) in [6, 6.07) is 38.5. The molecule has 4 nitrogen and oxygen atoms in total. The van der Waals surface area contributed by atoms with Gasteiger partial charge in [0.1, 0.15) is 6.17 Å². The van der Waals surface area contributed by atoms with Crippen molar-refractivity contribution in [2.75, 3.05) is 0 Å². The van der Waals surface area contributed by atoms with Gasteiger partial charge in [-0.15, -0.1) is 0 Å². The molecule has 1 aromatic heterocycles. The van der Waals surface area contributed by atoms with Crippen LogP contribution in [0, 0.1) is 0 Å². The van der Waals surface area contributed by atoms with Crippen LogP contribution in [0.3, 0.4) is 0 Å². The average Bonchev–Trinajstić information content (AvgIpc) is 3.32. The molecular weight excluding hydrogens is 380 g/mol. The van der Waals surface area contributed by atoms with E-state index in [4.69, 9.17) is 4.99 Å². The minimum atomic E-state index is -0.0265. The van der Waals surface area contributed by atoms with Crippen LogP contribution in [-0.2, 0) is 0 Å². The van der Waals surface area contributed by atoms with Crippen LogP contribution in [0.25, 0.3) is 21.8 Å². The topological polar surface area (TPSA) is 23.3 Å². The molecule has 2 aliphatic rings. The molecule has 0 saturated carbocycles. The molecule has 0 amide bonds. The number of hydrogen-bond acceptors (Lipinski definition) is 3. The van der Waals surface area contributed by atoms with Gasteiger partial charge in [0.25, 0.3) is 0 Å². The second kappa shape index (κ2) is 6.30. The summed E-state index contributed by atoms with van der Waals surface area (Å²) in [6.45, 7) is 0. The molecule has 0 radical (unpaired) electrons. The Hall–Kier alpha value is -3.89. The Labute approximate surface area is 180 Å². The zero-order chi connectivity index (χ0) is 20.4. The summed E-state index contributed by atoms with van der Waals surface area (Å²) in [5.74, 6) is 0.986. The first-order valence-electron chi connectivity index (χ1n) is 10.7. The van der Waals surface area contributed by atoms with E-state index in [9.17, 15) is 0 Å². The van der Waals surface area contributed by atoms with Crippen LogP contribution in [0.2, 0.25) is 0 Å². The molecule has 31 heavy (non-hydrogen) atoms. The molecule has 4 aromatic carbocycles. The zero-order valence-electron chi connectivity index (χ0n) is 16.8. The maximum Gasteiger partial charge on any atom is 0.224 e. The molecule has 0 N–H and O–H groups in total. The van der Waals surface area contributed by atoms with Gasteiger partial charge < -0.3 is 0 Å². The molecule has 3 heterocycles. The van der Waals surface area contributed by atoms with Crippen LogP contribution in [-0.4, -0.2) is 20.5 Å². The quantitative estimate of drug-likeness (QED) is 0.342. The Balaban J connectivity index is 1.46. The number of hydrogen-bond donors (Lipinski definition) is 0. The van der Waals surface area contributed by atoms with Crippen LogP contribution < -0.4 is 0 Å². The molecule has 0 spiro atoms. The highest BCUT2D eigenvalue weighted by Crippen LogP contribution is 2.53. The van der Waals surface area contributed by atoms with Gasteiger partial charge in [-0.05, 0) is 23.3 Å². The van der Waals surface area contributed by atoms with E-state index in [1.54, 1.807) is 0 Å². The molecule has 3 atom stereocenters. The van der Waals surface area contributed by atoms with Crippen molar-refractivity contribution >= 4 is 27.8 Å². The van der Waals surface area contributed by atoms with Gasteiger partial charge >= 0.3 is 0 Å². The van der Waals surface area contributed by atoms with Gasteiger partial charge in [-0.1, -0.05) is 97.1 Å². The second-order valence-electron chi connectivity index (χ2n) is 8.09. The van der Waals surface area contributed by atoms with Crippen molar-refractivity contribution in [3.05, 3.63) is 120 Å². The van der Waals surface area contributed by atoms with E-state index in [2.05, 4.69) is 124 Å². The van der Waals surface area contributed by atoms with Gasteiger partial charge in [0.2, 0.25) is 5.96 Å². The smallest absolute Gasteiger partial charge is 0.224 e. The van der Waals surface area contributed by atoms with Crippen LogP contribution in [0.15, 0.2) is 114 Å². The number of hydrazine groups is 1. The monoisotopic (exact) mass is 400 g/mol. The normalized spacial score (nSPS) is 22.0. The fraction of sp³-hybridized carbons (Fsp3) is 0.0741. The summed E-state index contributed by atoms with van der Waals surface area (Å²) >= 11 is 0. The molecule has 4 heteroatoms. The minimum Gasteiger partial charge on any atom is -0.279 e. The highest BCUT2D eigenvalue weighted by molar-refractivity contribution is 6.14. The standard InChI is InChI=1S/C27H20N4/c1-3-11-19(12-4-1)25-28-27(31-26(30(25)31)20-13-5-2-6-14-20)29-23-17-9-7-15-21(23)22-16-8-10-18-24(22)29/h1-18,25-26H. The molecular formula is C27H20N4. The predicted molar refractivity (Wildman–Crippen MR) is 124 cm³/mol. The molecule has 5 aromatic rings. The number of benzene rings is 4. The Bertz CT molecular complexity index is 1400. The fourth-order valence-electron chi connectivity index (χ4n) is 4.95. The van der Waals surface area contributed by atoms with Crippen molar-refractivity contribution in [2.45, 2.75) is 12.3 Å². The summed E-state index contributed by atoms with van der Waals surface area (Å²) in [6.07, 6.45) is 0.167. The fourth-order valence-corrected chi connectivity index (χ4v) is 4.95. The molecule has 1 saturated heterocycles. The lowest BCUT2D eigenvalue weighted by Gasteiger charge is -2.12. The summed E-state index contributed by atoms with van der Waals surface area (Å²) in [7, 11) is 0. The number of aliphatic imine (C=N–C) groups is 1. The number of fused-ring (bicyclic) bond motifs is 4. The van der Waals surface area contributed by atoms with Gasteiger partial charge in [0, 0.05) is 10.8 Å². The van der Waals surface area contributed by atoms with Gasteiger partial charge in [0.05, 0.1) is 11.0 Å². The third kappa shape index (κ3) is 2.36. The third-order valence-corrected chi connectivity index (χ3v) is 6.35. The van der Waals surface area contributed by atoms with Gasteiger partial charge in [-0.2, -0.15) is 5.01 Å². The lowest BCUT2D eigenvalue weighted by Crippen LogP contribution is -2.20. The molecule has 1 fully saturated rings. The first-order valence-corrected chi connectivity index (χ1v) is 10.7. The van der Waals surface area contributed by atoms with Crippen LogP contribution in [0.5, 0.6) is 0 Å². The highest BCUT2D eigenvalue weighted by Gasteiger charge is 2.58. The predicted octanol–water partition coefficient (Wildman–Crippen LogP) is 5.94. The second-order valence-corrected chi connectivity index (χ2v) is 8.09. The SMILES string of the molecule is c1ccc(C2N=C(n3c4ccccc4c4ccccc43)N3C(c4ccccc4)N23)cc1. The van der Waals surface area contributed by atoms with Crippen LogP contribution in [0.1, 0.15) is 23.5 Å². The Morgan fingerprint density at radius 1 is 0.548 bits per heavy atom. The first-order chi connectivity index (χ1) is 15.4. The van der Waals surface area contributed by atoms with Crippen molar-refractivity contribution in [2.24, 2.45) is 4.99 Å². The van der Waals surface area contributed by atoms with E-state index in [1.165, 1.54) is 32.9 Å². The molecule has 148 valence electrons. The zero-order valence-corrected chi connectivity index (χ0v) is 16.8. The van der Waals surface area contributed by atoms with E-state index in [0.717, 1.165) is 5.96 Å². The van der Waals surface area contributed by atoms with E-state index < -0.39 is 0 Å². The van der Waals surface area contributed by atoms with Crippen molar-refractivity contribution in [1.29, 1.82) is 0 Å². The Kier molecular flexibility index (Phi) is 3.43. The first kappa shape index (κ1) is 16.9. The van der Waals surface area contributed by atoms with Crippen molar-refractivity contribution in [3.63, 3.8) is 0 Å². The van der Waals surface area contributed by atoms with Crippen LogP contribution >= 0.6 is 0 Å². The van der Waals surface area contributed by atoms with E-state index in [0.29, 0.717) is 0 Å². The largest absolute Gasteiger partial charge is 0.279 e. The van der Waals surface area contributed by atoms with Crippen molar-refractivity contribution in [3.8, 4) is 0 Å². The van der Waals surface area contributed by atoms with Gasteiger partial charge in [-0.3, -0.25) is 4.57 Å². The van der Waals surface area contributed by atoms with Crippen molar-refractivity contribution in [1.82, 2.24) is 14.6 Å². The molecule has 0 bridgehead atoms. The maximum atomic E-state index is 5.24. The highest BCUT2D eigenvalue weighted by atomic mass is 15.9. The van der Waals surface area contributed by atoms with Crippen LogP contribution in [0.4, 0.5) is 0 Å². The number of aromatic nitrogens is 1. The van der Waals surface area contributed by atoms with Gasteiger partial charge in [-0.25, -0.2) is 10.0 Å². The summed E-state index contributed by atoms with van der Waals surface area (Å²) in [5.41, 5.74) is 4.88. The summed E-state index contributed by atoms with van der Waals surface area (Å²) < 4.78 is 2.32. The number of rotatable bonds is 2. The maximum absolute atomic E-state index is 5.24. The summed E-state index contributed by atoms with van der Waals surface area (Å²) in [5, 5.41) is 7.23. The van der Waals surface area contributed by atoms with E-state index in [-0.39, 0.29) is 12.3 Å². The molecule has 2 aliphatic heterocycles. The molecule has 7 rings (SSSR count). The van der Waals surface area contributed by atoms with Crippen molar-refractivity contribution < 1.29 is 0 Å². The van der Waals surface area contributed by atoms with E-state index in [1.807, 2.05) is 0 Å². The molecule has 0 aliphatic carbocycles. The lowest BCUT2D eigenvalue weighted by molar-refractivity contribution is 0.340. The lowest BCUT2D eigenvalue weighted by atomic mass is 10.1. The number of nitrogens with zero attached hydrogens (tertiary/aromatic N) is 4. The minimum absolute atomic E-state index is 0.0265. The van der Waals surface area contributed by atoms with E-state index >= 15 is 0 Å². The third-order valence-electron chi connectivity index (χ3n) is 6.35. The molecule has 3 unspecified atom stereocenters. The number of para-hydroxylation sites is 2. The Morgan fingerprint density at radius 2 is 1.06 bits per heavy atom. The Morgan fingerprint density at radius 3 is 1.68 bits per heavy atom. The average molecular weight is 400 g/mol. The van der Waals surface area contributed by atoms with Gasteiger partial charge in [0.15, 0.2) is 6.17 Å². The summed E-state index contributed by atoms with van der Waals surface area (Å²) in [4.78, 5) is 5.24.